The molecule has 0 bridgehead atoms. The van der Waals surface area contributed by atoms with Crippen LogP contribution in [0.1, 0.15) is 53.4 Å². The van der Waals surface area contributed by atoms with Gasteiger partial charge in [-0.3, -0.25) is 9.69 Å². The van der Waals surface area contributed by atoms with Gasteiger partial charge < -0.3 is 14.6 Å². The fraction of sp³-hybridized carbons (Fsp3) is 0.500. The topological polar surface area (TPSA) is 83.2 Å². The van der Waals surface area contributed by atoms with Gasteiger partial charge in [-0.15, -0.1) is 11.3 Å². The molecule has 7 nitrogen and oxygen atoms in total. The minimum Gasteiger partial charge on any atom is -0.376 e. The summed E-state index contributed by atoms with van der Waals surface area (Å²) >= 11 is 1.76. The van der Waals surface area contributed by atoms with Gasteiger partial charge in [0, 0.05) is 24.8 Å². The van der Waals surface area contributed by atoms with Gasteiger partial charge in [-0.1, -0.05) is 12.1 Å². The van der Waals surface area contributed by atoms with Crippen molar-refractivity contribution >= 4 is 33.3 Å². The highest BCUT2D eigenvalue weighted by Crippen LogP contribution is 2.33. The molecule has 178 valence electrons. The maximum Gasteiger partial charge on any atom is 0.239 e. The van der Waals surface area contributed by atoms with Gasteiger partial charge >= 0.3 is 0 Å². The van der Waals surface area contributed by atoms with Crippen molar-refractivity contribution in [2.75, 3.05) is 31.6 Å². The van der Waals surface area contributed by atoms with Crippen LogP contribution in [-0.4, -0.2) is 52.7 Å². The minimum atomic E-state index is -0.0764. The molecule has 8 heteroatoms. The third-order valence-electron chi connectivity index (χ3n) is 7.14. The summed E-state index contributed by atoms with van der Waals surface area (Å²) in [6.07, 6.45) is 4.34. The monoisotopic (exact) mass is 477 g/mol. The van der Waals surface area contributed by atoms with Crippen molar-refractivity contribution < 1.29 is 9.53 Å². The van der Waals surface area contributed by atoms with Crippen LogP contribution < -0.4 is 5.32 Å². The zero-order valence-corrected chi connectivity index (χ0v) is 20.7. The number of fused-ring (bicyclic) bond motifs is 1. The molecule has 2 aromatic heterocycles. The number of carbonyl (C=O) groups is 1. The first-order valence-corrected chi connectivity index (χ1v) is 12.9. The normalized spacial score (nSPS) is 21.1. The van der Waals surface area contributed by atoms with Crippen LogP contribution >= 0.6 is 11.3 Å². The van der Waals surface area contributed by atoms with Crippen LogP contribution in [0.5, 0.6) is 0 Å². The van der Waals surface area contributed by atoms with Crippen molar-refractivity contribution in [3.05, 3.63) is 46.1 Å². The molecule has 2 aliphatic heterocycles. The minimum absolute atomic E-state index is 0.0764. The van der Waals surface area contributed by atoms with Gasteiger partial charge in [0.25, 0.3) is 0 Å². The first kappa shape index (κ1) is 23.0. The highest BCUT2D eigenvalue weighted by atomic mass is 32.1. The zero-order chi connectivity index (χ0) is 23.7. The molecule has 2 fully saturated rings. The molecule has 2 aliphatic rings. The summed E-state index contributed by atoms with van der Waals surface area (Å²) in [5, 5.41) is 14.0. The molecule has 1 N–H and O–H groups in total. The number of carbonyl (C=O) groups excluding carboxylic acids is 1. The number of nitriles is 1. The Morgan fingerprint density at radius 1 is 1.29 bits per heavy atom. The molecule has 1 amide bonds. The number of piperidine rings is 1. The second-order valence-corrected chi connectivity index (χ2v) is 10.5. The molecule has 0 unspecified atom stereocenters. The highest BCUT2D eigenvalue weighted by molar-refractivity contribution is 7.18. The largest absolute Gasteiger partial charge is 0.376 e. The number of hydrogen-bond donors (Lipinski definition) is 1. The van der Waals surface area contributed by atoms with Crippen LogP contribution in [0.3, 0.4) is 0 Å². The zero-order valence-electron chi connectivity index (χ0n) is 19.8. The molecule has 1 aromatic carbocycles. The van der Waals surface area contributed by atoms with E-state index >= 15 is 0 Å². The molecular weight excluding hydrogens is 446 g/mol. The number of anilines is 1. The number of likely N-dealkylation sites (tertiary alicyclic amines) is 1. The van der Waals surface area contributed by atoms with Gasteiger partial charge in [-0.2, -0.15) is 5.26 Å². The lowest BCUT2D eigenvalue weighted by atomic mass is 9.99. The summed E-state index contributed by atoms with van der Waals surface area (Å²) < 4.78 is 9.10. The maximum atomic E-state index is 13.1. The second kappa shape index (κ2) is 9.87. The van der Waals surface area contributed by atoms with E-state index in [1.165, 1.54) is 4.70 Å². The van der Waals surface area contributed by atoms with Gasteiger partial charge in [-0.25, -0.2) is 4.98 Å². The molecule has 5 rings (SSSR count). The Kier molecular flexibility index (Phi) is 6.68. The Bertz CT molecular complexity index is 1200. The summed E-state index contributed by atoms with van der Waals surface area (Å²) in [5.41, 5.74) is 3.54. The van der Waals surface area contributed by atoms with Crippen LogP contribution in [-0.2, 0) is 16.1 Å². The summed E-state index contributed by atoms with van der Waals surface area (Å²) in [6, 6.07) is 10.6. The van der Waals surface area contributed by atoms with Crippen molar-refractivity contribution in [3.8, 4) is 6.07 Å². The fourth-order valence-corrected chi connectivity index (χ4v) is 6.28. The van der Waals surface area contributed by atoms with Crippen molar-refractivity contribution in [2.45, 2.75) is 58.1 Å². The van der Waals surface area contributed by atoms with Crippen LogP contribution in [0.2, 0.25) is 0 Å². The number of aromatic nitrogens is 2. The van der Waals surface area contributed by atoms with Crippen LogP contribution in [0, 0.1) is 25.2 Å². The van der Waals surface area contributed by atoms with E-state index in [0.29, 0.717) is 30.4 Å². The maximum absolute atomic E-state index is 13.1. The van der Waals surface area contributed by atoms with E-state index in [0.717, 1.165) is 67.2 Å². The number of hydrogen-bond acceptors (Lipinski definition) is 6. The van der Waals surface area contributed by atoms with Crippen LogP contribution in [0.4, 0.5) is 5.82 Å². The van der Waals surface area contributed by atoms with E-state index in [2.05, 4.69) is 39.1 Å². The van der Waals surface area contributed by atoms with Crippen molar-refractivity contribution in [3.63, 3.8) is 0 Å². The molecule has 34 heavy (non-hydrogen) atoms. The van der Waals surface area contributed by atoms with Crippen molar-refractivity contribution in [1.82, 2.24) is 14.5 Å². The Morgan fingerprint density at radius 2 is 2.15 bits per heavy atom. The predicted molar refractivity (Wildman–Crippen MR) is 134 cm³/mol. The molecule has 4 heterocycles. The van der Waals surface area contributed by atoms with E-state index in [-0.39, 0.29) is 12.0 Å². The van der Waals surface area contributed by atoms with Gasteiger partial charge in [-0.05, 0) is 63.8 Å². The fourth-order valence-electron chi connectivity index (χ4n) is 5.19. The number of para-hydroxylation sites is 1. The predicted octanol–water partition coefficient (Wildman–Crippen LogP) is 4.58. The average Bonchev–Trinajstić information content (AvgIpc) is 3.55. The smallest absolute Gasteiger partial charge is 0.239 e. The lowest BCUT2D eigenvalue weighted by Gasteiger charge is -2.31. The number of thiazole rings is 1. The average molecular weight is 478 g/mol. The van der Waals surface area contributed by atoms with E-state index < -0.39 is 0 Å². The first-order valence-electron chi connectivity index (χ1n) is 12.1. The Hall–Kier alpha value is -2.73. The van der Waals surface area contributed by atoms with E-state index in [1.54, 1.807) is 11.3 Å². The summed E-state index contributed by atoms with van der Waals surface area (Å²) in [4.78, 5) is 20.2. The lowest BCUT2D eigenvalue weighted by Crippen LogP contribution is -2.40. The van der Waals surface area contributed by atoms with Crippen LogP contribution in [0.25, 0.3) is 10.2 Å². The molecule has 3 aromatic rings. The third kappa shape index (κ3) is 4.61. The quantitative estimate of drug-likeness (QED) is 0.562. The summed E-state index contributed by atoms with van der Waals surface area (Å²) in [6.45, 7) is 7.43. The lowest BCUT2D eigenvalue weighted by molar-refractivity contribution is -0.117. The molecule has 0 spiro atoms. The van der Waals surface area contributed by atoms with Gasteiger partial charge in [0.05, 0.1) is 40.0 Å². The molecule has 2 atom stereocenters. The summed E-state index contributed by atoms with van der Waals surface area (Å²) in [7, 11) is 0. The Balaban J connectivity index is 1.28. The third-order valence-corrected chi connectivity index (χ3v) is 8.34. The number of amides is 1. The molecular formula is C26H31N5O2S. The number of ether oxygens (including phenoxy) is 1. The van der Waals surface area contributed by atoms with Gasteiger partial charge in [0.2, 0.25) is 5.91 Å². The number of nitrogens with zero attached hydrogens (tertiary/aromatic N) is 4. The number of rotatable bonds is 6. The SMILES string of the molecule is Cc1c(C#N)c(NC(=O)CN2CCC[C@@H](c3nc4ccccc4s3)C2)n(C[C@@H]2CCCO2)c1C. The van der Waals surface area contributed by atoms with Crippen molar-refractivity contribution in [1.29, 1.82) is 5.26 Å². The molecule has 0 saturated carbocycles. The summed E-state index contributed by atoms with van der Waals surface area (Å²) in [5.74, 6) is 0.881. The van der Waals surface area contributed by atoms with E-state index in [4.69, 9.17) is 9.72 Å². The Labute approximate surface area is 204 Å². The van der Waals surface area contributed by atoms with Crippen LogP contribution in [0.15, 0.2) is 24.3 Å². The molecule has 0 radical (unpaired) electrons. The van der Waals surface area contributed by atoms with Gasteiger partial charge in [0.1, 0.15) is 11.9 Å². The molecule has 2 saturated heterocycles. The second-order valence-electron chi connectivity index (χ2n) is 9.43. The first-order chi connectivity index (χ1) is 16.5. The van der Waals surface area contributed by atoms with Crippen molar-refractivity contribution in [2.24, 2.45) is 0 Å². The number of nitrogens with one attached hydrogen (secondary N) is 1. The van der Waals surface area contributed by atoms with E-state index in [9.17, 15) is 10.1 Å². The number of benzene rings is 1. The highest BCUT2D eigenvalue weighted by Gasteiger charge is 2.27. The van der Waals surface area contributed by atoms with Gasteiger partial charge in [0.15, 0.2) is 0 Å². The molecule has 0 aliphatic carbocycles. The van der Waals surface area contributed by atoms with E-state index in [1.807, 2.05) is 19.9 Å². The standard InChI is InChI=1S/C26H31N5O2S/c1-17-18(2)31(15-20-8-6-12-33-20)25(21(17)13-27)29-24(32)16-30-11-5-7-19(14-30)26-28-22-9-3-4-10-23(22)34-26/h3-4,9-10,19-20H,5-8,11-12,14-16H2,1-2H3,(H,29,32)/t19-,20+/m1/s1. The Morgan fingerprint density at radius 3 is 2.91 bits per heavy atom.